The Hall–Kier alpha value is -1.63. The van der Waals surface area contributed by atoms with Crippen molar-refractivity contribution < 1.29 is 9.53 Å². The molecule has 140 valence electrons. The first kappa shape index (κ1) is 19.7. The van der Waals surface area contributed by atoms with Crippen LogP contribution in [0.1, 0.15) is 44.3 Å². The minimum Gasteiger partial charge on any atom is -0.469 e. The van der Waals surface area contributed by atoms with Crippen molar-refractivity contribution in [3.63, 3.8) is 0 Å². The first-order chi connectivity index (χ1) is 11.8. The third-order valence-electron chi connectivity index (χ3n) is 4.48. The fourth-order valence-corrected chi connectivity index (χ4v) is 3.90. The molecule has 1 N–H and O–H groups in total. The van der Waals surface area contributed by atoms with Gasteiger partial charge in [0, 0.05) is 43.9 Å². The molecule has 1 aromatic heterocycles. The predicted octanol–water partition coefficient (Wildman–Crippen LogP) is 2.44. The van der Waals surface area contributed by atoms with Crippen LogP contribution in [0.15, 0.2) is 10.4 Å². The van der Waals surface area contributed by atoms with E-state index in [0.29, 0.717) is 0 Å². The van der Waals surface area contributed by atoms with Crippen LogP contribution in [0.3, 0.4) is 0 Å². The minimum atomic E-state index is -0.0963. The number of thiazole rings is 1. The molecule has 25 heavy (non-hydrogen) atoms. The van der Waals surface area contributed by atoms with E-state index in [1.165, 1.54) is 7.11 Å². The normalized spacial score (nSPS) is 16.8. The Morgan fingerprint density at radius 2 is 2.12 bits per heavy atom. The maximum Gasteiger partial charge on any atom is 0.308 e. The number of nitrogens with zero attached hydrogens (tertiary/aromatic N) is 3. The monoisotopic (exact) mass is 366 g/mol. The number of piperidine rings is 1. The molecule has 2 heterocycles. The summed E-state index contributed by atoms with van der Waals surface area (Å²) in [7, 11) is 3.26. The molecular formula is C18H30N4O2S. The summed E-state index contributed by atoms with van der Waals surface area (Å²) in [5, 5.41) is 6.72. The highest BCUT2D eigenvalue weighted by Crippen LogP contribution is 2.24. The lowest BCUT2D eigenvalue weighted by molar-refractivity contribution is -0.146. The van der Waals surface area contributed by atoms with Crippen LogP contribution in [0.4, 0.5) is 0 Å². The zero-order valence-corrected chi connectivity index (χ0v) is 16.8. The molecule has 2 rings (SSSR count). The molecule has 0 radical (unpaired) electrons. The number of methoxy groups -OCH3 is 1. The van der Waals surface area contributed by atoms with E-state index in [1.807, 2.05) is 0 Å². The van der Waals surface area contributed by atoms with Crippen LogP contribution in [-0.2, 0) is 21.4 Å². The van der Waals surface area contributed by atoms with Gasteiger partial charge in [-0.1, -0.05) is 20.8 Å². The van der Waals surface area contributed by atoms with Gasteiger partial charge in [-0.05, 0) is 12.8 Å². The third kappa shape index (κ3) is 5.42. The number of rotatable bonds is 4. The summed E-state index contributed by atoms with van der Waals surface area (Å²) in [6.45, 7) is 9.01. The van der Waals surface area contributed by atoms with E-state index in [4.69, 9.17) is 9.72 Å². The molecule has 6 nitrogen and oxygen atoms in total. The van der Waals surface area contributed by atoms with Gasteiger partial charge in [0.15, 0.2) is 5.96 Å². The molecule has 0 spiro atoms. The van der Waals surface area contributed by atoms with Crippen molar-refractivity contribution in [1.82, 2.24) is 15.2 Å². The third-order valence-corrected chi connectivity index (χ3v) is 5.39. The van der Waals surface area contributed by atoms with Gasteiger partial charge >= 0.3 is 5.97 Å². The largest absolute Gasteiger partial charge is 0.469 e. The number of hydrogen-bond donors (Lipinski definition) is 1. The van der Waals surface area contributed by atoms with E-state index in [0.717, 1.165) is 55.6 Å². The Morgan fingerprint density at radius 3 is 2.64 bits per heavy atom. The summed E-state index contributed by atoms with van der Waals surface area (Å²) < 4.78 is 4.84. The quantitative estimate of drug-likeness (QED) is 0.504. The van der Waals surface area contributed by atoms with Crippen LogP contribution in [0.2, 0.25) is 0 Å². The van der Waals surface area contributed by atoms with E-state index >= 15 is 0 Å². The van der Waals surface area contributed by atoms with Gasteiger partial charge in [-0.15, -0.1) is 11.3 Å². The first-order valence-corrected chi connectivity index (χ1v) is 9.71. The molecule has 0 amide bonds. The summed E-state index contributed by atoms with van der Waals surface area (Å²) in [4.78, 5) is 22.9. The van der Waals surface area contributed by atoms with Gasteiger partial charge in [0.25, 0.3) is 0 Å². The molecule has 1 fully saturated rings. The lowest BCUT2D eigenvalue weighted by Crippen LogP contribution is -2.47. The summed E-state index contributed by atoms with van der Waals surface area (Å²) in [5.74, 6) is 0.822. The molecule has 1 aromatic rings. The number of guanidine groups is 1. The van der Waals surface area contributed by atoms with E-state index in [-0.39, 0.29) is 17.3 Å². The summed E-state index contributed by atoms with van der Waals surface area (Å²) >= 11 is 1.72. The number of esters is 1. The topological polar surface area (TPSA) is 66.8 Å². The molecule has 1 aliphatic rings. The predicted molar refractivity (Wildman–Crippen MR) is 102 cm³/mol. The number of aliphatic imine (C=N–C) groups is 1. The maximum absolute atomic E-state index is 11.6. The summed E-state index contributed by atoms with van der Waals surface area (Å²) in [6.07, 6.45) is 2.52. The molecule has 1 saturated heterocycles. The molecule has 1 aliphatic heterocycles. The molecule has 0 saturated carbocycles. The molecule has 0 aromatic carbocycles. The van der Waals surface area contributed by atoms with E-state index in [1.54, 1.807) is 18.4 Å². The molecule has 7 heteroatoms. The van der Waals surface area contributed by atoms with Crippen molar-refractivity contribution >= 4 is 23.3 Å². The second-order valence-electron chi connectivity index (χ2n) is 7.38. The molecule has 0 atom stereocenters. The van der Waals surface area contributed by atoms with Crippen LogP contribution in [-0.4, -0.2) is 55.6 Å². The average Bonchev–Trinajstić information content (AvgIpc) is 3.07. The minimum absolute atomic E-state index is 0.0190. The van der Waals surface area contributed by atoms with Crippen LogP contribution in [0, 0.1) is 5.92 Å². The van der Waals surface area contributed by atoms with Crippen LogP contribution in [0.25, 0.3) is 0 Å². The Morgan fingerprint density at radius 1 is 1.44 bits per heavy atom. The van der Waals surface area contributed by atoms with Crippen molar-refractivity contribution in [1.29, 1.82) is 0 Å². The number of carbonyl (C=O) groups excluding carboxylic acids is 1. The van der Waals surface area contributed by atoms with Crippen LogP contribution < -0.4 is 5.32 Å². The van der Waals surface area contributed by atoms with Gasteiger partial charge in [0.05, 0.1) is 23.7 Å². The number of aromatic nitrogens is 1. The lowest BCUT2D eigenvalue weighted by Gasteiger charge is -2.33. The standard InChI is InChI=1S/C18H30N4O2S/c1-18(2,3)14-12-25-15(21-14)6-9-20-17(19-4)22-10-7-13(8-11-22)16(23)24-5/h12-13H,6-11H2,1-5H3,(H,19,20). The van der Waals surface area contributed by atoms with Crippen LogP contribution >= 0.6 is 11.3 Å². The first-order valence-electron chi connectivity index (χ1n) is 8.83. The van der Waals surface area contributed by atoms with E-state index < -0.39 is 0 Å². The van der Waals surface area contributed by atoms with Gasteiger partial charge < -0.3 is 15.0 Å². The number of ether oxygens (including phenoxy) is 1. The fourth-order valence-electron chi connectivity index (χ4n) is 2.88. The maximum atomic E-state index is 11.6. The van der Waals surface area contributed by atoms with Gasteiger partial charge in [0.1, 0.15) is 0 Å². The molecule has 0 aliphatic carbocycles. The fraction of sp³-hybridized carbons (Fsp3) is 0.722. The highest BCUT2D eigenvalue weighted by atomic mass is 32.1. The van der Waals surface area contributed by atoms with Gasteiger partial charge in [-0.3, -0.25) is 9.79 Å². The highest BCUT2D eigenvalue weighted by Gasteiger charge is 2.26. The van der Waals surface area contributed by atoms with Gasteiger partial charge in [-0.2, -0.15) is 0 Å². The van der Waals surface area contributed by atoms with Crippen molar-refractivity contribution in [2.24, 2.45) is 10.9 Å². The average molecular weight is 367 g/mol. The second-order valence-corrected chi connectivity index (χ2v) is 8.33. The van der Waals surface area contributed by atoms with Crippen molar-refractivity contribution in [2.45, 2.75) is 45.4 Å². The Labute approximate surface area is 154 Å². The highest BCUT2D eigenvalue weighted by molar-refractivity contribution is 7.09. The Bertz CT molecular complexity index is 598. The molecule has 0 unspecified atom stereocenters. The number of likely N-dealkylation sites (tertiary alicyclic amines) is 1. The summed E-state index contributed by atoms with van der Waals surface area (Å²) in [5.41, 5.74) is 1.25. The number of carbonyl (C=O) groups is 1. The van der Waals surface area contributed by atoms with E-state index in [2.05, 4.69) is 41.4 Å². The zero-order valence-electron chi connectivity index (χ0n) is 16.0. The van der Waals surface area contributed by atoms with E-state index in [9.17, 15) is 4.79 Å². The summed E-state index contributed by atoms with van der Waals surface area (Å²) in [6, 6.07) is 0. The van der Waals surface area contributed by atoms with Crippen molar-refractivity contribution in [3.8, 4) is 0 Å². The number of hydrogen-bond acceptors (Lipinski definition) is 5. The molecule has 0 bridgehead atoms. The zero-order chi connectivity index (χ0) is 18.4. The van der Waals surface area contributed by atoms with Gasteiger partial charge in [0.2, 0.25) is 0 Å². The number of nitrogens with one attached hydrogen (secondary N) is 1. The van der Waals surface area contributed by atoms with Crippen LogP contribution in [0.5, 0.6) is 0 Å². The smallest absolute Gasteiger partial charge is 0.308 e. The lowest BCUT2D eigenvalue weighted by atomic mass is 9.93. The second kappa shape index (κ2) is 8.65. The SMILES string of the molecule is CN=C(NCCc1nc(C(C)(C)C)cs1)N1CCC(C(=O)OC)CC1. The van der Waals surface area contributed by atoms with Gasteiger partial charge in [-0.25, -0.2) is 4.98 Å². The Kier molecular flexibility index (Phi) is 6.81. The molecular weight excluding hydrogens is 336 g/mol. The van der Waals surface area contributed by atoms with Crippen molar-refractivity contribution in [3.05, 3.63) is 16.1 Å². The Balaban J connectivity index is 1.79. The van der Waals surface area contributed by atoms with Crippen molar-refractivity contribution in [2.75, 3.05) is 33.8 Å².